The van der Waals surface area contributed by atoms with Crippen LogP contribution < -0.4 is 0 Å². The number of rotatable bonds is 4. The van der Waals surface area contributed by atoms with Crippen molar-refractivity contribution in [2.45, 2.75) is 25.0 Å². The molecule has 1 heterocycles. The van der Waals surface area contributed by atoms with Gasteiger partial charge in [-0.15, -0.1) is 0 Å². The third-order valence-electron chi connectivity index (χ3n) is 2.75. The van der Waals surface area contributed by atoms with E-state index in [1.54, 1.807) is 12.2 Å². The molecular formula is C15H16O3. The lowest BCUT2D eigenvalue weighted by Crippen LogP contribution is -2.24. The predicted molar refractivity (Wildman–Crippen MR) is 69.7 cm³/mol. The van der Waals surface area contributed by atoms with Gasteiger partial charge in [0.2, 0.25) is 0 Å². The zero-order valence-electron chi connectivity index (χ0n) is 10.0. The van der Waals surface area contributed by atoms with Crippen LogP contribution in [0.25, 0.3) is 6.08 Å². The molecular weight excluding hydrogens is 228 g/mol. The monoisotopic (exact) mass is 244 g/mol. The minimum absolute atomic E-state index is 0.224. The lowest BCUT2D eigenvalue weighted by molar-refractivity contribution is -0.145. The second-order valence-electron chi connectivity index (χ2n) is 4.27. The van der Waals surface area contributed by atoms with Gasteiger partial charge in [-0.05, 0) is 5.56 Å². The summed E-state index contributed by atoms with van der Waals surface area (Å²) in [6, 6.07) is 9.76. The Morgan fingerprint density at radius 3 is 2.89 bits per heavy atom. The average Bonchev–Trinajstić information content (AvgIpc) is 2.38. The largest absolute Gasteiger partial charge is 0.459 e. The molecule has 0 aliphatic carbocycles. The molecule has 1 aliphatic heterocycles. The third kappa shape index (κ3) is 3.86. The predicted octanol–water partition coefficient (Wildman–Crippen LogP) is 2.32. The molecule has 3 nitrogen and oxygen atoms in total. The van der Waals surface area contributed by atoms with Crippen LogP contribution in [0.15, 0.2) is 48.6 Å². The fourth-order valence-corrected chi connectivity index (χ4v) is 1.85. The summed E-state index contributed by atoms with van der Waals surface area (Å²) in [7, 11) is 0. The Hall–Kier alpha value is -1.87. The lowest BCUT2D eigenvalue weighted by Gasteiger charge is -2.20. The number of cyclic esters (lactones) is 1. The van der Waals surface area contributed by atoms with Crippen molar-refractivity contribution in [3.8, 4) is 0 Å². The first-order valence-electron chi connectivity index (χ1n) is 6.02. The molecule has 1 aromatic rings. The number of aliphatic hydroxyl groups excluding tert-OH is 1. The normalized spacial score (nSPS) is 20.9. The molecule has 0 unspecified atom stereocenters. The molecule has 2 atom stereocenters. The summed E-state index contributed by atoms with van der Waals surface area (Å²) in [6.45, 7) is 0. The summed E-state index contributed by atoms with van der Waals surface area (Å²) in [5, 5.41) is 9.85. The molecule has 0 spiro atoms. The first-order valence-corrected chi connectivity index (χ1v) is 6.02. The number of aliphatic hydroxyl groups is 1. The van der Waals surface area contributed by atoms with Gasteiger partial charge in [-0.25, -0.2) is 4.79 Å². The maximum atomic E-state index is 11.0. The van der Waals surface area contributed by atoms with Gasteiger partial charge >= 0.3 is 5.97 Å². The highest BCUT2D eigenvalue weighted by molar-refractivity contribution is 5.82. The summed E-state index contributed by atoms with van der Waals surface area (Å²) in [5.41, 5.74) is 1.04. The van der Waals surface area contributed by atoms with Gasteiger partial charge in [-0.3, -0.25) is 0 Å². The van der Waals surface area contributed by atoms with Crippen molar-refractivity contribution in [1.82, 2.24) is 0 Å². The quantitative estimate of drug-likeness (QED) is 0.827. The number of benzene rings is 1. The molecule has 0 bridgehead atoms. The zero-order chi connectivity index (χ0) is 12.8. The topological polar surface area (TPSA) is 46.5 Å². The minimum atomic E-state index is -0.602. The van der Waals surface area contributed by atoms with Crippen molar-refractivity contribution in [3.63, 3.8) is 0 Å². The summed E-state index contributed by atoms with van der Waals surface area (Å²) in [4.78, 5) is 11.0. The molecule has 1 aromatic carbocycles. The van der Waals surface area contributed by atoms with Crippen LogP contribution in [0.2, 0.25) is 0 Å². The van der Waals surface area contributed by atoms with Crippen LogP contribution in [0, 0.1) is 0 Å². The summed E-state index contributed by atoms with van der Waals surface area (Å²) < 4.78 is 5.09. The molecule has 0 radical (unpaired) electrons. The van der Waals surface area contributed by atoms with Crippen LogP contribution in [0.1, 0.15) is 18.4 Å². The number of hydrogen-bond donors (Lipinski definition) is 1. The van der Waals surface area contributed by atoms with E-state index in [4.69, 9.17) is 4.74 Å². The zero-order valence-corrected chi connectivity index (χ0v) is 10.0. The fourth-order valence-electron chi connectivity index (χ4n) is 1.85. The summed E-state index contributed by atoms with van der Waals surface area (Å²) in [5.74, 6) is -0.328. The maximum absolute atomic E-state index is 11.0. The van der Waals surface area contributed by atoms with E-state index in [9.17, 15) is 9.90 Å². The van der Waals surface area contributed by atoms with Gasteiger partial charge in [0.05, 0.1) is 6.10 Å². The number of carbonyl (C=O) groups is 1. The molecule has 2 rings (SSSR count). The van der Waals surface area contributed by atoms with Crippen molar-refractivity contribution < 1.29 is 14.6 Å². The van der Waals surface area contributed by atoms with Crippen LogP contribution in [0.3, 0.4) is 0 Å². The Labute approximate surface area is 106 Å². The smallest absolute Gasteiger partial charge is 0.330 e. The molecule has 18 heavy (non-hydrogen) atoms. The van der Waals surface area contributed by atoms with Gasteiger partial charge in [0.25, 0.3) is 0 Å². The van der Waals surface area contributed by atoms with E-state index in [1.165, 1.54) is 6.08 Å². The fraction of sp³-hybridized carbons (Fsp3) is 0.267. The van der Waals surface area contributed by atoms with E-state index >= 15 is 0 Å². The van der Waals surface area contributed by atoms with Crippen LogP contribution in [0.4, 0.5) is 0 Å². The van der Waals surface area contributed by atoms with Crippen molar-refractivity contribution in [2.75, 3.05) is 0 Å². The molecule has 1 aliphatic rings. The van der Waals surface area contributed by atoms with Gasteiger partial charge in [0, 0.05) is 18.9 Å². The van der Waals surface area contributed by atoms with Gasteiger partial charge in [0.15, 0.2) is 0 Å². The Balaban J connectivity index is 1.85. The molecule has 3 heteroatoms. The average molecular weight is 244 g/mol. The third-order valence-corrected chi connectivity index (χ3v) is 2.75. The highest BCUT2D eigenvalue weighted by atomic mass is 16.5. The van der Waals surface area contributed by atoms with Gasteiger partial charge in [0.1, 0.15) is 6.10 Å². The van der Waals surface area contributed by atoms with E-state index in [2.05, 4.69) is 0 Å². The number of hydrogen-bond acceptors (Lipinski definition) is 3. The SMILES string of the molecule is O=C1C=CC[C@H](C[C@@H](O)/C=C/c2ccccc2)O1. The Bertz CT molecular complexity index is 448. The Kier molecular flexibility index (Phi) is 4.31. The lowest BCUT2D eigenvalue weighted by atomic mass is 10.1. The molecule has 0 aromatic heterocycles. The van der Waals surface area contributed by atoms with Gasteiger partial charge < -0.3 is 9.84 Å². The number of esters is 1. The standard InChI is InChI=1S/C15H16O3/c16-13(10-9-12-5-2-1-3-6-12)11-14-7-4-8-15(17)18-14/h1-6,8-10,13-14,16H,7,11H2/b10-9+/t13-,14+/m0/s1. The first-order chi connectivity index (χ1) is 8.74. The second kappa shape index (κ2) is 6.17. The maximum Gasteiger partial charge on any atom is 0.330 e. The van der Waals surface area contributed by atoms with Crippen LogP contribution >= 0.6 is 0 Å². The first kappa shape index (κ1) is 12.6. The minimum Gasteiger partial charge on any atom is -0.459 e. The van der Waals surface area contributed by atoms with E-state index in [-0.39, 0.29) is 12.1 Å². The van der Waals surface area contributed by atoms with Gasteiger partial charge in [-0.2, -0.15) is 0 Å². The number of ether oxygens (including phenoxy) is 1. The van der Waals surface area contributed by atoms with Crippen molar-refractivity contribution in [2.24, 2.45) is 0 Å². The second-order valence-corrected chi connectivity index (χ2v) is 4.27. The Morgan fingerprint density at radius 2 is 2.17 bits per heavy atom. The van der Waals surface area contributed by atoms with E-state index < -0.39 is 6.10 Å². The van der Waals surface area contributed by atoms with E-state index in [0.717, 1.165) is 5.56 Å². The highest BCUT2D eigenvalue weighted by Crippen LogP contribution is 2.14. The molecule has 1 N–H and O–H groups in total. The molecule has 0 saturated carbocycles. The van der Waals surface area contributed by atoms with Crippen LogP contribution in [0.5, 0.6) is 0 Å². The highest BCUT2D eigenvalue weighted by Gasteiger charge is 2.18. The summed E-state index contributed by atoms with van der Waals surface area (Å²) in [6.07, 6.45) is 7.06. The van der Waals surface area contributed by atoms with E-state index in [0.29, 0.717) is 12.8 Å². The van der Waals surface area contributed by atoms with Crippen molar-refractivity contribution in [1.29, 1.82) is 0 Å². The molecule has 0 saturated heterocycles. The van der Waals surface area contributed by atoms with Crippen LogP contribution in [-0.4, -0.2) is 23.3 Å². The van der Waals surface area contributed by atoms with E-state index in [1.807, 2.05) is 36.4 Å². The molecule has 0 amide bonds. The number of carbonyl (C=O) groups excluding carboxylic acids is 1. The summed E-state index contributed by atoms with van der Waals surface area (Å²) >= 11 is 0. The van der Waals surface area contributed by atoms with Gasteiger partial charge in [-0.1, -0.05) is 48.6 Å². The van der Waals surface area contributed by atoms with Crippen LogP contribution in [-0.2, 0) is 9.53 Å². The van der Waals surface area contributed by atoms with Crippen molar-refractivity contribution >= 4 is 12.0 Å². The van der Waals surface area contributed by atoms with Crippen molar-refractivity contribution in [3.05, 3.63) is 54.1 Å². The Morgan fingerprint density at radius 1 is 1.39 bits per heavy atom. The molecule has 0 fully saturated rings. The molecule has 94 valence electrons.